The van der Waals surface area contributed by atoms with Gasteiger partial charge in [-0.25, -0.2) is 0 Å². The summed E-state index contributed by atoms with van der Waals surface area (Å²) in [4.78, 5) is 38.0. The van der Waals surface area contributed by atoms with Crippen LogP contribution < -0.4 is 0 Å². The lowest BCUT2D eigenvalue weighted by molar-refractivity contribution is -0.167. The Hall–Kier alpha value is -3.41. The van der Waals surface area contributed by atoms with Crippen LogP contribution in [0.4, 0.5) is 0 Å². The second kappa shape index (κ2) is 61.1. The number of rotatable bonds is 56. The van der Waals surface area contributed by atoms with Gasteiger partial charge in [-0.15, -0.1) is 0 Å². The van der Waals surface area contributed by atoms with Gasteiger partial charge in [-0.05, 0) is 77.0 Å². The predicted octanol–water partition coefficient (Wildman–Crippen LogP) is 21.1. The van der Waals surface area contributed by atoms with E-state index in [0.29, 0.717) is 19.3 Å². The van der Waals surface area contributed by atoms with Gasteiger partial charge in [-0.1, -0.05) is 292 Å². The third-order valence-electron chi connectivity index (χ3n) is 13.4. The van der Waals surface area contributed by atoms with Gasteiger partial charge in [-0.2, -0.15) is 0 Å². The Morgan fingerprint density at radius 2 is 0.534 bits per heavy atom. The minimum absolute atomic E-state index is 0.0799. The van der Waals surface area contributed by atoms with E-state index in [-0.39, 0.29) is 31.1 Å². The van der Waals surface area contributed by atoms with E-state index in [4.69, 9.17) is 14.2 Å². The number of unbranched alkanes of at least 4 members (excludes halogenated alkanes) is 31. The van der Waals surface area contributed by atoms with Crippen molar-refractivity contribution >= 4 is 17.9 Å². The van der Waals surface area contributed by atoms with Gasteiger partial charge < -0.3 is 14.2 Å². The molecule has 0 saturated carbocycles. The molecular formula is C67H116O6. The molecule has 0 aromatic rings. The standard InChI is InChI=1S/C67H116O6/c1-4-7-10-13-16-18-20-22-24-26-28-30-31-32-33-34-35-37-38-40-42-44-46-48-51-54-57-60-66(69)72-63-64(62-71-65(68)59-56-53-50-15-12-9-6-3)73-67(70)61-58-55-52-49-47-45-43-41-39-36-29-27-25-23-21-19-17-14-11-8-5-2/h7,10,16,18,22,24,28,30,32-33,35,37,40,42,64H,4-6,8-9,11-15,17,19-21,23,25-27,29,31,34,36,38-39,41,43-63H2,1-3H3/b10-7-,18-16-,24-22-,30-28-,33-32-,37-35-,42-40-. The summed E-state index contributed by atoms with van der Waals surface area (Å²) in [5, 5.41) is 0. The van der Waals surface area contributed by atoms with Crippen LogP contribution in [0.3, 0.4) is 0 Å². The van der Waals surface area contributed by atoms with Crippen molar-refractivity contribution in [2.75, 3.05) is 13.2 Å². The van der Waals surface area contributed by atoms with E-state index in [1.165, 1.54) is 141 Å². The van der Waals surface area contributed by atoms with E-state index in [0.717, 1.165) is 122 Å². The Labute approximate surface area is 452 Å². The first-order valence-corrected chi connectivity index (χ1v) is 31.1. The molecule has 0 spiro atoms. The number of ether oxygens (including phenoxy) is 3. The van der Waals surface area contributed by atoms with Crippen LogP contribution in [-0.2, 0) is 28.6 Å². The molecule has 0 aromatic heterocycles. The molecule has 420 valence electrons. The fourth-order valence-corrected chi connectivity index (χ4v) is 8.78. The average molecular weight is 1020 g/mol. The Morgan fingerprint density at radius 3 is 0.836 bits per heavy atom. The van der Waals surface area contributed by atoms with E-state index in [9.17, 15) is 14.4 Å². The molecule has 0 N–H and O–H groups in total. The van der Waals surface area contributed by atoms with Crippen molar-refractivity contribution in [3.8, 4) is 0 Å². The van der Waals surface area contributed by atoms with E-state index in [1.54, 1.807) is 0 Å². The zero-order valence-corrected chi connectivity index (χ0v) is 48.1. The molecule has 0 saturated heterocycles. The van der Waals surface area contributed by atoms with E-state index >= 15 is 0 Å². The molecule has 6 heteroatoms. The van der Waals surface area contributed by atoms with Crippen LogP contribution in [-0.4, -0.2) is 37.2 Å². The quantitative estimate of drug-likeness (QED) is 0.0261. The molecule has 0 aromatic carbocycles. The Bertz CT molecular complexity index is 1400. The number of allylic oxidation sites excluding steroid dienone is 14. The molecule has 0 aliphatic carbocycles. The molecule has 0 radical (unpaired) electrons. The molecule has 6 nitrogen and oxygen atoms in total. The summed E-state index contributed by atoms with van der Waals surface area (Å²) >= 11 is 0. The number of carbonyl (C=O) groups is 3. The van der Waals surface area contributed by atoms with E-state index < -0.39 is 6.10 Å². The summed E-state index contributed by atoms with van der Waals surface area (Å²) in [7, 11) is 0. The lowest BCUT2D eigenvalue weighted by Gasteiger charge is -2.18. The molecule has 0 amide bonds. The predicted molar refractivity (Wildman–Crippen MR) is 316 cm³/mol. The van der Waals surface area contributed by atoms with Crippen molar-refractivity contribution in [2.45, 2.75) is 309 Å². The second-order valence-electron chi connectivity index (χ2n) is 20.6. The van der Waals surface area contributed by atoms with Crippen molar-refractivity contribution < 1.29 is 28.6 Å². The zero-order valence-electron chi connectivity index (χ0n) is 48.1. The normalized spacial score (nSPS) is 12.6. The van der Waals surface area contributed by atoms with Gasteiger partial charge in [0.2, 0.25) is 0 Å². The van der Waals surface area contributed by atoms with Gasteiger partial charge in [0.25, 0.3) is 0 Å². The van der Waals surface area contributed by atoms with Crippen LogP contribution in [0.5, 0.6) is 0 Å². The summed E-state index contributed by atoms with van der Waals surface area (Å²) in [6.45, 7) is 6.50. The highest BCUT2D eigenvalue weighted by Gasteiger charge is 2.19. The monoisotopic (exact) mass is 1020 g/mol. The smallest absolute Gasteiger partial charge is 0.306 e. The van der Waals surface area contributed by atoms with Crippen LogP contribution in [0.2, 0.25) is 0 Å². The molecule has 0 fully saturated rings. The summed E-state index contributed by atoms with van der Waals surface area (Å²) < 4.78 is 16.8. The Balaban J connectivity index is 4.20. The highest BCUT2D eigenvalue weighted by Crippen LogP contribution is 2.17. The Kier molecular flexibility index (Phi) is 58.3. The molecule has 0 heterocycles. The summed E-state index contributed by atoms with van der Waals surface area (Å²) in [5.74, 6) is -0.895. The molecule has 73 heavy (non-hydrogen) atoms. The molecule has 1 atom stereocenters. The minimum Gasteiger partial charge on any atom is -0.462 e. The van der Waals surface area contributed by atoms with Crippen molar-refractivity contribution in [2.24, 2.45) is 0 Å². The number of hydrogen-bond acceptors (Lipinski definition) is 6. The maximum Gasteiger partial charge on any atom is 0.306 e. The second-order valence-corrected chi connectivity index (χ2v) is 20.6. The van der Waals surface area contributed by atoms with Crippen LogP contribution in [0.25, 0.3) is 0 Å². The van der Waals surface area contributed by atoms with Gasteiger partial charge >= 0.3 is 17.9 Å². The number of esters is 3. The van der Waals surface area contributed by atoms with E-state index in [1.807, 2.05) is 0 Å². The fraction of sp³-hybridized carbons (Fsp3) is 0.746. The fourth-order valence-electron chi connectivity index (χ4n) is 8.78. The van der Waals surface area contributed by atoms with Crippen molar-refractivity contribution in [1.82, 2.24) is 0 Å². The topological polar surface area (TPSA) is 78.9 Å². The maximum absolute atomic E-state index is 12.8. The highest BCUT2D eigenvalue weighted by atomic mass is 16.6. The number of carbonyl (C=O) groups excluding carboxylic acids is 3. The van der Waals surface area contributed by atoms with E-state index in [2.05, 4.69) is 106 Å². The zero-order chi connectivity index (χ0) is 52.9. The van der Waals surface area contributed by atoms with Crippen LogP contribution >= 0.6 is 0 Å². The first-order chi connectivity index (χ1) is 36.0. The third-order valence-corrected chi connectivity index (χ3v) is 13.4. The SMILES string of the molecule is CC/C=C\C/C=C\C/C=C\C/C=C\C/C=C\C/C=C\C/C=C\CCCCCCCC(=O)OCC(COC(=O)CCCCCCCCC)OC(=O)CCCCCCCCCCCCCCCCCCCCCCC. The van der Waals surface area contributed by atoms with Crippen LogP contribution in [0.1, 0.15) is 303 Å². The molecule has 1 unspecified atom stereocenters. The highest BCUT2D eigenvalue weighted by molar-refractivity contribution is 5.71. The molecule has 0 aliphatic heterocycles. The van der Waals surface area contributed by atoms with Crippen molar-refractivity contribution in [3.63, 3.8) is 0 Å². The molecule has 0 bridgehead atoms. The Morgan fingerprint density at radius 1 is 0.288 bits per heavy atom. The van der Waals surface area contributed by atoms with Crippen molar-refractivity contribution in [1.29, 1.82) is 0 Å². The van der Waals surface area contributed by atoms with Gasteiger partial charge in [0, 0.05) is 19.3 Å². The maximum atomic E-state index is 12.8. The van der Waals surface area contributed by atoms with Crippen molar-refractivity contribution in [3.05, 3.63) is 85.1 Å². The number of hydrogen-bond donors (Lipinski definition) is 0. The first-order valence-electron chi connectivity index (χ1n) is 31.1. The van der Waals surface area contributed by atoms with Gasteiger partial charge in [0.15, 0.2) is 6.10 Å². The summed E-state index contributed by atoms with van der Waals surface area (Å²) in [6.07, 6.45) is 80.4. The first kappa shape index (κ1) is 69.6. The van der Waals surface area contributed by atoms with Gasteiger partial charge in [-0.3, -0.25) is 14.4 Å². The van der Waals surface area contributed by atoms with Gasteiger partial charge in [0.1, 0.15) is 13.2 Å². The third kappa shape index (κ3) is 59.3. The summed E-state index contributed by atoms with van der Waals surface area (Å²) in [5.41, 5.74) is 0. The van der Waals surface area contributed by atoms with Crippen LogP contribution in [0, 0.1) is 0 Å². The van der Waals surface area contributed by atoms with Gasteiger partial charge in [0.05, 0.1) is 0 Å². The minimum atomic E-state index is -0.781. The lowest BCUT2D eigenvalue weighted by Crippen LogP contribution is -2.30. The summed E-state index contributed by atoms with van der Waals surface area (Å²) in [6, 6.07) is 0. The molecule has 0 aliphatic rings. The van der Waals surface area contributed by atoms with Crippen LogP contribution in [0.15, 0.2) is 85.1 Å². The average Bonchev–Trinajstić information content (AvgIpc) is 3.39. The largest absolute Gasteiger partial charge is 0.462 e. The molecule has 0 rings (SSSR count). The lowest BCUT2D eigenvalue weighted by atomic mass is 10.0. The molecular weight excluding hydrogens is 901 g/mol.